The first-order chi connectivity index (χ1) is 16.3. The molecule has 2 atom stereocenters. The number of rotatable bonds is 8. The fraction of sp³-hybridized carbons (Fsp3) is 0.360. The molecule has 3 amide bonds. The number of carbonyl (C=O) groups is 4. The van der Waals surface area contributed by atoms with Crippen molar-refractivity contribution in [3.8, 4) is 0 Å². The van der Waals surface area contributed by atoms with Gasteiger partial charge in [0.2, 0.25) is 5.91 Å². The molecule has 2 aromatic carbocycles. The van der Waals surface area contributed by atoms with Crippen LogP contribution in [0.1, 0.15) is 44.1 Å². The topological polar surface area (TPSA) is 151 Å². The fourth-order valence-corrected chi connectivity index (χ4v) is 3.54. The van der Waals surface area contributed by atoms with E-state index in [-0.39, 0.29) is 36.7 Å². The van der Waals surface area contributed by atoms with Crippen LogP contribution in [0.15, 0.2) is 48.5 Å². The summed E-state index contributed by atoms with van der Waals surface area (Å²) in [7, 11) is 0. The Bertz CT molecular complexity index is 978. The number of anilines is 3. The monoisotopic (exact) mass is 468 g/mol. The lowest BCUT2D eigenvalue weighted by Gasteiger charge is -2.11. The summed E-state index contributed by atoms with van der Waals surface area (Å²) in [6, 6.07) is 14.4. The smallest absolute Gasteiger partial charge is 0.323 e. The van der Waals surface area contributed by atoms with Crippen molar-refractivity contribution in [2.24, 2.45) is 5.92 Å². The summed E-state index contributed by atoms with van der Waals surface area (Å²) in [5.74, 6) is -0.920. The second kappa shape index (κ2) is 13.6. The van der Waals surface area contributed by atoms with Crippen molar-refractivity contribution in [1.29, 1.82) is 0 Å². The zero-order valence-corrected chi connectivity index (χ0v) is 19.3. The van der Waals surface area contributed by atoms with Gasteiger partial charge in [-0.1, -0.05) is 18.2 Å². The van der Waals surface area contributed by atoms with E-state index in [2.05, 4.69) is 16.0 Å². The van der Waals surface area contributed by atoms with Crippen LogP contribution in [0.3, 0.4) is 0 Å². The van der Waals surface area contributed by atoms with Gasteiger partial charge in [0.1, 0.15) is 6.29 Å². The number of nitrogens with two attached hydrogens (primary N) is 1. The second-order valence-electron chi connectivity index (χ2n) is 8.24. The van der Waals surface area contributed by atoms with Crippen molar-refractivity contribution in [2.75, 3.05) is 16.4 Å². The molecule has 0 aliphatic heterocycles. The number of benzene rings is 2. The summed E-state index contributed by atoms with van der Waals surface area (Å²) in [6.07, 6.45) is 3.97. The van der Waals surface area contributed by atoms with E-state index in [1.54, 1.807) is 24.3 Å². The molecule has 34 heavy (non-hydrogen) atoms. The molecule has 0 spiro atoms. The van der Waals surface area contributed by atoms with E-state index in [1.165, 1.54) is 0 Å². The van der Waals surface area contributed by atoms with E-state index in [4.69, 9.17) is 10.8 Å². The zero-order valence-electron chi connectivity index (χ0n) is 19.3. The third-order valence-electron chi connectivity index (χ3n) is 5.39. The Morgan fingerprint density at radius 2 is 1.74 bits per heavy atom. The highest BCUT2D eigenvalue weighted by Gasteiger charge is 2.25. The molecule has 2 aromatic rings. The molecule has 0 bridgehead atoms. The van der Waals surface area contributed by atoms with Gasteiger partial charge < -0.3 is 31.6 Å². The van der Waals surface area contributed by atoms with Gasteiger partial charge in [-0.3, -0.25) is 9.59 Å². The molecule has 1 aliphatic rings. The summed E-state index contributed by atoms with van der Waals surface area (Å²) < 4.78 is 0. The van der Waals surface area contributed by atoms with Crippen molar-refractivity contribution in [1.82, 2.24) is 5.32 Å². The summed E-state index contributed by atoms with van der Waals surface area (Å²) in [5, 5.41) is 16.8. The van der Waals surface area contributed by atoms with Crippen LogP contribution in [-0.4, -0.2) is 35.3 Å². The Morgan fingerprint density at radius 3 is 2.35 bits per heavy atom. The van der Waals surface area contributed by atoms with Crippen molar-refractivity contribution in [3.63, 3.8) is 0 Å². The van der Waals surface area contributed by atoms with Gasteiger partial charge in [-0.15, -0.1) is 0 Å². The molecular weight excluding hydrogens is 436 g/mol. The first-order valence-electron chi connectivity index (χ1n) is 11.2. The number of urea groups is 1. The molecule has 6 N–H and O–H groups in total. The van der Waals surface area contributed by atoms with Crippen LogP contribution >= 0.6 is 0 Å². The second-order valence-corrected chi connectivity index (χ2v) is 8.24. The minimum absolute atomic E-state index is 0.0229. The molecule has 0 heterocycles. The van der Waals surface area contributed by atoms with Crippen molar-refractivity contribution in [3.05, 3.63) is 54.1 Å². The standard InChI is InChI=1S/C14H15N3O.C11H17NO4/c1-10-4-2-3-5-13(10)17-14(18)16-12-8-6-11(15)7-9-12;13-7-8-4-5-9(6-8)12-10(14)2-1-3-11(15)16/h2-9H,15H2,1H3,(H2,16,17,18);7-9H,1-6H2,(H,12,14)(H,15,16). The highest BCUT2D eigenvalue weighted by atomic mass is 16.4. The van der Waals surface area contributed by atoms with Crippen LogP contribution in [-0.2, 0) is 14.4 Å². The normalized spacial score (nSPS) is 16.5. The quantitative estimate of drug-likeness (QED) is 0.292. The van der Waals surface area contributed by atoms with Crippen molar-refractivity contribution >= 4 is 41.3 Å². The maximum Gasteiger partial charge on any atom is 0.323 e. The number of amides is 3. The minimum Gasteiger partial charge on any atom is -0.481 e. The van der Waals surface area contributed by atoms with Gasteiger partial charge in [0.15, 0.2) is 0 Å². The van der Waals surface area contributed by atoms with Crippen LogP contribution in [0.5, 0.6) is 0 Å². The number of carboxylic acid groups (broad SMARTS) is 1. The van der Waals surface area contributed by atoms with Crippen LogP contribution < -0.4 is 21.7 Å². The number of aldehydes is 1. The number of nitrogens with one attached hydrogen (secondary N) is 3. The molecule has 9 heteroatoms. The summed E-state index contributed by atoms with van der Waals surface area (Å²) in [5.41, 5.74) is 8.76. The van der Waals surface area contributed by atoms with E-state index in [9.17, 15) is 19.2 Å². The number of carboxylic acids is 1. The highest BCUT2D eigenvalue weighted by Crippen LogP contribution is 2.23. The molecule has 9 nitrogen and oxygen atoms in total. The number of para-hydroxylation sites is 1. The Labute approximate surface area is 199 Å². The van der Waals surface area contributed by atoms with Gasteiger partial charge in [-0.2, -0.15) is 0 Å². The molecule has 182 valence electrons. The van der Waals surface area contributed by atoms with Crippen LogP contribution in [0.4, 0.5) is 21.9 Å². The predicted molar refractivity (Wildman–Crippen MR) is 131 cm³/mol. The lowest BCUT2D eigenvalue weighted by atomic mass is 10.1. The van der Waals surface area contributed by atoms with Gasteiger partial charge >= 0.3 is 12.0 Å². The molecule has 3 rings (SSSR count). The molecule has 0 aromatic heterocycles. The van der Waals surface area contributed by atoms with Crippen molar-refractivity contribution < 1.29 is 24.3 Å². The van der Waals surface area contributed by atoms with E-state index < -0.39 is 5.97 Å². The first kappa shape index (κ1) is 26.4. The summed E-state index contributed by atoms with van der Waals surface area (Å²) >= 11 is 0. The lowest BCUT2D eigenvalue weighted by Crippen LogP contribution is -2.32. The minimum atomic E-state index is -0.880. The average Bonchev–Trinajstić information content (AvgIpc) is 3.24. The molecule has 0 radical (unpaired) electrons. The average molecular weight is 469 g/mol. The maximum atomic E-state index is 11.8. The van der Waals surface area contributed by atoms with Gasteiger partial charge in [-0.25, -0.2) is 4.79 Å². The van der Waals surface area contributed by atoms with E-state index in [0.717, 1.165) is 30.4 Å². The van der Waals surface area contributed by atoms with Crippen molar-refractivity contribution in [2.45, 2.75) is 51.5 Å². The molecule has 1 saturated carbocycles. The number of carbonyl (C=O) groups excluding carboxylic acids is 3. The Balaban J connectivity index is 0.000000242. The number of nitrogen functional groups attached to an aromatic ring is 1. The van der Waals surface area contributed by atoms with Gasteiger partial charge in [0.05, 0.1) is 0 Å². The molecule has 1 fully saturated rings. The SMILES string of the molecule is Cc1ccccc1NC(=O)Nc1ccc(N)cc1.O=CC1CCC(NC(=O)CCCC(=O)O)C1. The number of hydrogen-bond donors (Lipinski definition) is 5. The van der Waals surface area contributed by atoms with Gasteiger partial charge in [-0.05, 0) is 68.5 Å². The van der Waals surface area contributed by atoms with E-state index in [0.29, 0.717) is 24.2 Å². The first-order valence-corrected chi connectivity index (χ1v) is 11.2. The van der Waals surface area contributed by atoms with Gasteiger partial charge in [0, 0.05) is 41.9 Å². The zero-order chi connectivity index (χ0) is 24.9. The van der Waals surface area contributed by atoms with Crippen LogP contribution in [0, 0.1) is 12.8 Å². The number of aryl methyl sites for hydroxylation is 1. The van der Waals surface area contributed by atoms with Crippen LogP contribution in [0.25, 0.3) is 0 Å². The largest absolute Gasteiger partial charge is 0.481 e. The Kier molecular flexibility index (Phi) is 10.6. The summed E-state index contributed by atoms with van der Waals surface area (Å²) in [4.78, 5) is 43.9. The fourth-order valence-electron chi connectivity index (χ4n) is 3.54. The number of aliphatic carboxylic acids is 1. The maximum absolute atomic E-state index is 11.8. The van der Waals surface area contributed by atoms with Crippen LogP contribution in [0.2, 0.25) is 0 Å². The highest BCUT2D eigenvalue weighted by molar-refractivity contribution is 6.00. The predicted octanol–water partition coefficient (Wildman–Crippen LogP) is 3.95. The third-order valence-corrected chi connectivity index (χ3v) is 5.39. The molecule has 0 saturated heterocycles. The number of hydrogen-bond acceptors (Lipinski definition) is 5. The van der Waals surface area contributed by atoms with E-state index >= 15 is 0 Å². The molecular formula is C25H32N4O5. The van der Waals surface area contributed by atoms with E-state index in [1.807, 2.05) is 31.2 Å². The lowest BCUT2D eigenvalue weighted by molar-refractivity contribution is -0.137. The molecule has 2 unspecified atom stereocenters. The Hall–Kier alpha value is -3.88. The summed E-state index contributed by atoms with van der Waals surface area (Å²) in [6.45, 7) is 1.94. The molecule has 1 aliphatic carbocycles. The Morgan fingerprint density at radius 1 is 1.03 bits per heavy atom. The third kappa shape index (κ3) is 9.72. The van der Waals surface area contributed by atoms with Gasteiger partial charge in [0.25, 0.3) is 0 Å².